The van der Waals surface area contributed by atoms with Gasteiger partial charge in [-0.3, -0.25) is 9.36 Å². The van der Waals surface area contributed by atoms with Gasteiger partial charge in [-0.25, -0.2) is 9.37 Å². The molecule has 1 aromatic heterocycles. The molecule has 0 N–H and O–H groups in total. The highest BCUT2D eigenvalue weighted by Crippen LogP contribution is 2.16. The number of nitrogens with zero attached hydrogens (tertiary/aromatic N) is 2. The molecule has 0 spiro atoms. The number of hydrogen-bond donors (Lipinski definition) is 0. The Balaban J connectivity index is 1.99. The average Bonchev–Trinajstić information content (AvgIpc) is 2.55. The van der Waals surface area contributed by atoms with E-state index >= 15 is 0 Å². The molecule has 0 aliphatic heterocycles. The van der Waals surface area contributed by atoms with E-state index in [9.17, 15) is 9.18 Å². The first kappa shape index (κ1) is 15.7. The van der Waals surface area contributed by atoms with Crippen molar-refractivity contribution in [1.29, 1.82) is 0 Å². The van der Waals surface area contributed by atoms with Gasteiger partial charge in [0, 0.05) is 18.0 Å². The molecule has 0 saturated heterocycles. The van der Waals surface area contributed by atoms with Gasteiger partial charge in [0.1, 0.15) is 11.6 Å². The first-order valence-corrected chi connectivity index (χ1v) is 7.89. The Morgan fingerprint density at radius 1 is 1.17 bits per heavy atom. The van der Waals surface area contributed by atoms with E-state index in [1.54, 1.807) is 34.9 Å². The first-order valence-electron chi connectivity index (χ1n) is 7.52. The number of hydrogen-bond acceptors (Lipinski definition) is 2. The highest BCUT2D eigenvalue weighted by atomic mass is 35.5. The van der Waals surface area contributed by atoms with Gasteiger partial charge in [0.2, 0.25) is 0 Å². The molecule has 0 radical (unpaired) electrons. The van der Waals surface area contributed by atoms with Crippen LogP contribution in [0, 0.1) is 5.82 Å². The minimum Gasteiger partial charge on any atom is -0.296 e. The zero-order valence-corrected chi connectivity index (χ0v) is 13.5. The van der Waals surface area contributed by atoms with Crippen LogP contribution in [0.1, 0.15) is 18.3 Å². The Kier molecular flexibility index (Phi) is 4.44. The van der Waals surface area contributed by atoms with Crippen LogP contribution in [0.5, 0.6) is 0 Å². The summed E-state index contributed by atoms with van der Waals surface area (Å²) >= 11 is 5.98. The van der Waals surface area contributed by atoms with Crippen molar-refractivity contribution in [2.45, 2.75) is 26.3 Å². The van der Waals surface area contributed by atoms with Crippen LogP contribution in [0.25, 0.3) is 10.9 Å². The predicted molar refractivity (Wildman–Crippen MR) is 90.5 cm³/mol. The molecular weight excluding hydrogens is 315 g/mol. The third-order valence-electron chi connectivity index (χ3n) is 3.85. The maximum atomic E-state index is 13.0. The number of aromatic nitrogens is 2. The van der Waals surface area contributed by atoms with E-state index in [0.717, 1.165) is 11.4 Å². The summed E-state index contributed by atoms with van der Waals surface area (Å²) in [5.41, 5.74) is 1.54. The highest BCUT2D eigenvalue weighted by molar-refractivity contribution is 6.31. The summed E-state index contributed by atoms with van der Waals surface area (Å²) in [5.74, 6) is 0.469. The molecule has 0 bridgehead atoms. The fraction of sp³-hybridized carbons (Fsp3) is 0.222. The Morgan fingerprint density at radius 2 is 1.91 bits per heavy atom. The van der Waals surface area contributed by atoms with Crippen molar-refractivity contribution in [1.82, 2.24) is 9.55 Å². The second-order valence-electron chi connectivity index (χ2n) is 5.38. The molecule has 0 amide bonds. The third kappa shape index (κ3) is 3.27. The van der Waals surface area contributed by atoms with Crippen LogP contribution in [0.4, 0.5) is 4.39 Å². The molecule has 0 atom stereocenters. The minimum atomic E-state index is -0.260. The molecule has 23 heavy (non-hydrogen) atoms. The van der Waals surface area contributed by atoms with E-state index in [1.165, 1.54) is 12.1 Å². The van der Waals surface area contributed by atoms with E-state index in [1.807, 2.05) is 6.92 Å². The monoisotopic (exact) mass is 330 g/mol. The maximum absolute atomic E-state index is 13.0. The smallest absolute Gasteiger partial charge is 0.261 e. The SMILES string of the molecule is CCc1nc2cc(Cl)ccc2c(=O)n1CCc1ccc(F)cc1. The van der Waals surface area contributed by atoms with Crippen LogP contribution < -0.4 is 5.56 Å². The van der Waals surface area contributed by atoms with Gasteiger partial charge in [0.15, 0.2) is 0 Å². The fourth-order valence-electron chi connectivity index (χ4n) is 2.63. The van der Waals surface area contributed by atoms with E-state index in [-0.39, 0.29) is 11.4 Å². The summed E-state index contributed by atoms with van der Waals surface area (Å²) in [7, 11) is 0. The number of aryl methyl sites for hydroxylation is 2. The molecule has 3 aromatic rings. The molecule has 0 fully saturated rings. The van der Waals surface area contributed by atoms with Crippen molar-refractivity contribution in [2.24, 2.45) is 0 Å². The Hall–Kier alpha value is -2.20. The van der Waals surface area contributed by atoms with Gasteiger partial charge < -0.3 is 0 Å². The van der Waals surface area contributed by atoms with E-state index in [2.05, 4.69) is 4.98 Å². The highest BCUT2D eigenvalue weighted by Gasteiger charge is 2.10. The topological polar surface area (TPSA) is 34.9 Å². The third-order valence-corrected chi connectivity index (χ3v) is 4.09. The summed E-state index contributed by atoms with van der Waals surface area (Å²) in [4.78, 5) is 17.3. The molecule has 2 aromatic carbocycles. The summed E-state index contributed by atoms with van der Waals surface area (Å²) < 4.78 is 14.7. The van der Waals surface area contributed by atoms with Crippen LogP contribution in [0.3, 0.4) is 0 Å². The predicted octanol–water partition coefficient (Wildman–Crippen LogP) is 3.99. The van der Waals surface area contributed by atoms with E-state index in [0.29, 0.717) is 35.3 Å². The molecule has 0 aliphatic rings. The summed E-state index contributed by atoms with van der Waals surface area (Å²) in [6, 6.07) is 11.4. The van der Waals surface area contributed by atoms with Gasteiger partial charge in [0.25, 0.3) is 5.56 Å². The van der Waals surface area contributed by atoms with Gasteiger partial charge in [0.05, 0.1) is 10.9 Å². The molecule has 0 unspecified atom stereocenters. The van der Waals surface area contributed by atoms with E-state index < -0.39 is 0 Å². The summed E-state index contributed by atoms with van der Waals surface area (Å²) in [6.45, 7) is 2.48. The van der Waals surface area contributed by atoms with Gasteiger partial charge >= 0.3 is 0 Å². The van der Waals surface area contributed by atoms with Gasteiger partial charge in [-0.2, -0.15) is 0 Å². The molecule has 3 rings (SSSR count). The van der Waals surface area contributed by atoms with Gasteiger partial charge in [-0.05, 0) is 42.3 Å². The lowest BCUT2D eigenvalue weighted by atomic mass is 10.1. The van der Waals surface area contributed by atoms with E-state index in [4.69, 9.17) is 11.6 Å². The lowest BCUT2D eigenvalue weighted by Crippen LogP contribution is -2.26. The van der Waals surface area contributed by atoms with Gasteiger partial charge in [-0.15, -0.1) is 0 Å². The largest absolute Gasteiger partial charge is 0.296 e. The van der Waals surface area contributed by atoms with Crippen LogP contribution in [0.15, 0.2) is 47.3 Å². The van der Waals surface area contributed by atoms with Crippen LogP contribution in [-0.4, -0.2) is 9.55 Å². The first-order chi connectivity index (χ1) is 11.1. The van der Waals surface area contributed by atoms with Crippen molar-refractivity contribution in [3.8, 4) is 0 Å². The lowest BCUT2D eigenvalue weighted by Gasteiger charge is -2.12. The second-order valence-corrected chi connectivity index (χ2v) is 5.81. The quantitative estimate of drug-likeness (QED) is 0.725. The van der Waals surface area contributed by atoms with Crippen molar-refractivity contribution in [3.63, 3.8) is 0 Å². The molecule has 0 saturated carbocycles. The second kappa shape index (κ2) is 6.50. The Morgan fingerprint density at radius 3 is 2.61 bits per heavy atom. The summed E-state index contributed by atoms with van der Waals surface area (Å²) in [6.07, 6.45) is 1.30. The standard InChI is InChI=1S/C18H16ClFN2O/c1-2-17-21-16-11-13(19)5-8-15(16)18(23)22(17)10-9-12-3-6-14(20)7-4-12/h3-8,11H,2,9-10H2,1H3. The normalized spacial score (nSPS) is 11.1. The average molecular weight is 331 g/mol. The molecular formula is C18H16ClFN2O. The van der Waals surface area contributed by atoms with Crippen LogP contribution >= 0.6 is 11.6 Å². The number of benzene rings is 2. The van der Waals surface area contributed by atoms with Crippen molar-refractivity contribution in [2.75, 3.05) is 0 Å². The lowest BCUT2D eigenvalue weighted by molar-refractivity contribution is 0.614. The maximum Gasteiger partial charge on any atom is 0.261 e. The molecule has 5 heteroatoms. The number of halogens is 2. The van der Waals surface area contributed by atoms with Crippen molar-refractivity contribution < 1.29 is 4.39 Å². The van der Waals surface area contributed by atoms with Gasteiger partial charge in [-0.1, -0.05) is 30.7 Å². The zero-order chi connectivity index (χ0) is 16.4. The number of fused-ring (bicyclic) bond motifs is 1. The Bertz CT molecular complexity index is 903. The molecule has 1 heterocycles. The van der Waals surface area contributed by atoms with Crippen molar-refractivity contribution >= 4 is 22.5 Å². The number of rotatable bonds is 4. The zero-order valence-electron chi connectivity index (χ0n) is 12.7. The fourth-order valence-corrected chi connectivity index (χ4v) is 2.80. The Labute approximate surface area is 138 Å². The summed E-state index contributed by atoms with van der Waals surface area (Å²) in [5, 5.41) is 1.13. The molecule has 3 nitrogen and oxygen atoms in total. The van der Waals surface area contributed by atoms with Crippen molar-refractivity contribution in [3.05, 3.63) is 75.0 Å². The minimum absolute atomic E-state index is 0.0642. The van der Waals surface area contributed by atoms with Crippen LogP contribution in [0.2, 0.25) is 5.02 Å². The van der Waals surface area contributed by atoms with Crippen LogP contribution in [-0.2, 0) is 19.4 Å². The molecule has 118 valence electrons. The molecule has 0 aliphatic carbocycles.